The normalized spacial score (nSPS) is 33.0. The van der Waals surface area contributed by atoms with Gasteiger partial charge >= 0.3 is 0 Å². The van der Waals surface area contributed by atoms with Gasteiger partial charge in [-0.3, -0.25) is 4.79 Å². The molecule has 0 aliphatic heterocycles. The van der Waals surface area contributed by atoms with Crippen molar-refractivity contribution in [2.24, 2.45) is 5.92 Å². The fourth-order valence-electron chi connectivity index (χ4n) is 5.32. The van der Waals surface area contributed by atoms with Crippen LogP contribution in [0.1, 0.15) is 96.8 Å². The Labute approximate surface area is 158 Å². The Hall–Kier alpha value is 0.370. The molecule has 0 aromatic heterocycles. The number of ketones is 1. The summed E-state index contributed by atoms with van der Waals surface area (Å²) in [6.45, 7) is 2.28. The Bertz CT molecular complexity index is 397. The molecule has 0 aromatic carbocycles. The minimum Gasteiger partial charge on any atom is -0.298 e. The first-order valence-electron chi connectivity index (χ1n) is 10.3. The van der Waals surface area contributed by atoms with E-state index in [0.29, 0.717) is 11.7 Å². The van der Waals surface area contributed by atoms with E-state index in [1.807, 2.05) is 23.5 Å². The van der Waals surface area contributed by atoms with Crippen LogP contribution in [0.2, 0.25) is 0 Å². The number of carbonyl (C=O) groups excluding carboxylic acids is 1. The molecular formula is C21H38OS2. The topological polar surface area (TPSA) is 17.1 Å². The van der Waals surface area contributed by atoms with Crippen LogP contribution in [-0.4, -0.2) is 27.8 Å². The number of fused-ring (bicyclic) bond motifs is 1. The Morgan fingerprint density at radius 2 is 1.62 bits per heavy atom. The minimum absolute atomic E-state index is 0.0836. The molecule has 2 saturated carbocycles. The second kappa shape index (κ2) is 9.90. The Kier molecular flexibility index (Phi) is 8.53. The summed E-state index contributed by atoms with van der Waals surface area (Å²) in [6.07, 6.45) is 22.5. The molecule has 3 unspecified atom stereocenters. The van der Waals surface area contributed by atoms with Gasteiger partial charge in [-0.1, -0.05) is 71.1 Å². The lowest BCUT2D eigenvalue weighted by Gasteiger charge is -2.48. The van der Waals surface area contributed by atoms with E-state index in [-0.39, 0.29) is 9.49 Å². The summed E-state index contributed by atoms with van der Waals surface area (Å²) in [5, 5.41) is 0. The number of unbranched alkanes of at least 4 members (excludes halogenated alkanes) is 7. The quantitative estimate of drug-likeness (QED) is 0.369. The summed E-state index contributed by atoms with van der Waals surface area (Å²) < 4.78 is 0.155. The van der Waals surface area contributed by atoms with Crippen LogP contribution < -0.4 is 0 Å². The lowest BCUT2D eigenvalue weighted by molar-refractivity contribution is -0.119. The highest BCUT2D eigenvalue weighted by atomic mass is 32.2. The number of hydrogen-bond donors (Lipinski definition) is 0. The third kappa shape index (κ3) is 4.03. The van der Waals surface area contributed by atoms with Crippen LogP contribution in [0.25, 0.3) is 0 Å². The first-order valence-corrected chi connectivity index (χ1v) is 12.8. The molecule has 0 bridgehead atoms. The zero-order valence-electron chi connectivity index (χ0n) is 16.2. The molecule has 0 aromatic rings. The molecule has 140 valence electrons. The molecule has 2 aliphatic carbocycles. The lowest BCUT2D eigenvalue weighted by Crippen LogP contribution is -2.52. The van der Waals surface area contributed by atoms with Gasteiger partial charge in [-0.25, -0.2) is 0 Å². The summed E-state index contributed by atoms with van der Waals surface area (Å²) in [4.78, 5) is 13.1. The molecule has 0 saturated heterocycles. The molecule has 3 atom stereocenters. The second-order valence-electron chi connectivity index (χ2n) is 7.92. The van der Waals surface area contributed by atoms with Gasteiger partial charge in [0.25, 0.3) is 0 Å². The van der Waals surface area contributed by atoms with Crippen molar-refractivity contribution in [3.05, 3.63) is 0 Å². The van der Waals surface area contributed by atoms with Crippen LogP contribution >= 0.6 is 23.5 Å². The third-order valence-electron chi connectivity index (χ3n) is 6.67. The van der Waals surface area contributed by atoms with E-state index >= 15 is 0 Å². The average Bonchev–Trinajstić information content (AvgIpc) is 2.86. The molecule has 0 amide bonds. The number of rotatable bonds is 11. The molecule has 0 heterocycles. The van der Waals surface area contributed by atoms with Crippen molar-refractivity contribution in [1.82, 2.24) is 0 Å². The Morgan fingerprint density at radius 1 is 0.958 bits per heavy atom. The highest BCUT2D eigenvalue weighted by Crippen LogP contribution is 2.62. The number of carbonyl (C=O) groups is 1. The van der Waals surface area contributed by atoms with Crippen molar-refractivity contribution in [2.45, 2.75) is 106 Å². The molecule has 24 heavy (non-hydrogen) atoms. The van der Waals surface area contributed by atoms with E-state index in [9.17, 15) is 4.79 Å². The van der Waals surface area contributed by atoms with Gasteiger partial charge in [0.1, 0.15) is 0 Å². The van der Waals surface area contributed by atoms with Crippen molar-refractivity contribution < 1.29 is 4.79 Å². The summed E-state index contributed by atoms with van der Waals surface area (Å²) in [6, 6.07) is 0. The van der Waals surface area contributed by atoms with E-state index in [0.717, 1.165) is 12.8 Å². The first kappa shape index (κ1) is 20.7. The first-order chi connectivity index (χ1) is 11.7. The third-order valence-corrected chi connectivity index (χ3v) is 9.91. The molecular weight excluding hydrogens is 332 g/mol. The summed E-state index contributed by atoms with van der Waals surface area (Å²) in [5.74, 6) is 1.23. The van der Waals surface area contributed by atoms with Gasteiger partial charge in [-0.15, -0.1) is 11.8 Å². The molecule has 0 N–H and O–H groups in total. The summed E-state index contributed by atoms with van der Waals surface area (Å²) >= 11 is 3.94. The van der Waals surface area contributed by atoms with Crippen molar-refractivity contribution in [1.29, 1.82) is 0 Å². The van der Waals surface area contributed by atoms with Crippen LogP contribution in [-0.2, 0) is 4.79 Å². The van der Waals surface area contributed by atoms with Crippen molar-refractivity contribution in [3.63, 3.8) is 0 Å². The molecule has 3 heteroatoms. The predicted octanol–water partition coefficient (Wildman–Crippen LogP) is 6.88. The maximum Gasteiger partial charge on any atom is 0.150 e. The fraction of sp³-hybridized carbons (Fsp3) is 0.952. The van der Waals surface area contributed by atoms with Crippen LogP contribution in [0.15, 0.2) is 0 Å². The van der Waals surface area contributed by atoms with Gasteiger partial charge in [0.05, 0.1) is 4.75 Å². The van der Waals surface area contributed by atoms with Crippen LogP contribution in [0.3, 0.4) is 0 Å². The highest BCUT2D eigenvalue weighted by molar-refractivity contribution is 8.04. The van der Waals surface area contributed by atoms with Crippen molar-refractivity contribution >= 4 is 29.3 Å². The average molecular weight is 371 g/mol. The predicted molar refractivity (Wildman–Crippen MR) is 111 cm³/mol. The molecule has 0 spiro atoms. The smallest absolute Gasteiger partial charge is 0.150 e. The van der Waals surface area contributed by atoms with Gasteiger partial charge in [-0.05, 0) is 37.7 Å². The van der Waals surface area contributed by atoms with Crippen molar-refractivity contribution in [3.8, 4) is 0 Å². The van der Waals surface area contributed by atoms with E-state index in [4.69, 9.17) is 0 Å². The zero-order chi connectivity index (χ0) is 17.5. The van der Waals surface area contributed by atoms with Crippen LogP contribution in [0.4, 0.5) is 0 Å². The summed E-state index contributed by atoms with van der Waals surface area (Å²) in [7, 11) is 0. The second-order valence-corrected chi connectivity index (χ2v) is 10.2. The van der Waals surface area contributed by atoms with Gasteiger partial charge in [0.2, 0.25) is 0 Å². The van der Waals surface area contributed by atoms with Gasteiger partial charge in [0, 0.05) is 11.2 Å². The van der Waals surface area contributed by atoms with Gasteiger partial charge in [-0.2, -0.15) is 11.8 Å². The van der Waals surface area contributed by atoms with Gasteiger partial charge < -0.3 is 0 Å². The van der Waals surface area contributed by atoms with E-state index in [2.05, 4.69) is 19.4 Å². The maximum absolute atomic E-state index is 13.1. The summed E-state index contributed by atoms with van der Waals surface area (Å²) in [5.41, 5.74) is 0. The van der Waals surface area contributed by atoms with Gasteiger partial charge in [0.15, 0.2) is 5.78 Å². The van der Waals surface area contributed by atoms with Crippen molar-refractivity contribution in [2.75, 3.05) is 12.5 Å². The molecule has 0 radical (unpaired) electrons. The number of thioether (sulfide) groups is 2. The number of hydrogen-bond acceptors (Lipinski definition) is 3. The molecule has 2 fully saturated rings. The molecule has 1 nitrogen and oxygen atoms in total. The van der Waals surface area contributed by atoms with Crippen LogP contribution in [0, 0.1) is 5.92 Å². The SMILES string of the molecule is CCCCCCCCCCC1(SC)C(=O)CC2CCCCC21SC. The van der Waals surface area contributed by atoms with E-state index in [1.54, 1.807) is 0 Å². The standard InChI is InChI=1S/C21H38OS2/c1-4-5-6-7-8-9-10-12-16-21(24-3)19(22)17-18-14-11-13-15-20(18,21)23-2/h18H,4-17H2,1-3H3. The Balaban J connectivity index is 1.88. The monoisotopic (exact) mass is 370 g/mol. The maximum atomic E-state index is 13.1. The fourth-order valence-corrected chi connectivity index (χ4v) is 8.52. The van der Waals surface area contributed by atoms with E-state index in [1.165, 1.54) is 77.0 Å². The van der Waals surface area contributed by atoms with Crippen LogP contribution in [0.5, 0.6) is 0 Å². The Morgan fingerprint density at radius 3 is 2.25 bits per heavy atom. The molecule has 2 aliphatic rings. The highest BCUT2D eigenvalue weighted by Gasteiger charge is 2.64. The zero-order valence-corrected chi connectivity index (χ0v) is 17.8. The molecule has 2 rings (SSSR count). The largest absolute Gasteiger partial charge is 0.298 e. The van der Waals surface area contributed by atoms with E-state index < -0.39 is 0 Å². The lowest BCUT2D eigenvalue weighted by atomic mass is 9.75. The minimum atomic E-state index is -0.0836. The number of Topliss-reactive ketones (excluding diaryl/α,β-unsaturated/α-hetero) is 1.